The molecule has 0 bridgehead atoms. The number of hydrogen-bond donors (Lipinski definition) is 0. The highest BCUT2D eigenvalue weighted by Gasteiger charge is 2.48. The van der Waals surface area contributed by atoms with E-state index in [9.17, 15) is 4.79 Å². The Morgan fingerprint density at radius 1 is 0.967 bits per heavy atom. The number of carbonyl (C=O) groups is 1. The summed E-state index contributed by atoms with van der Waals surface area (Å²) in [6.07, 6.45) is 4.72. The molecule has 30 heavy (non-hydrogen) atoms. The summed E-state index contributed by atoms with van der Waals surface area (Å²) in [6, 6.07) is 26.6. The van der Waals surface area contributed by atoms with Crippen LogP contribution in [0.15, 0.2) is 85.4 Å². The molecule has 3 heteroatoms. The molecule has 0 saturated carbocycles. The normalized spacial score (nSPS) is 18.0. The summed E-state index contributed by atoms with van der Waals surface area (Å²) in [7, 11) is 1.65. The van der Waals surface area contributed by atoms with Gasteiger partial charge in [-0.2, -0.15) is 0 Å². The molecular weight excluding hydrogens is 370 g/mol. The Bertz CT molecular complexity index is 993. The van der Waals surface area contributed by atoms with Gasteiger partial charge in [-0.1, -0.05) is 67.3 Å². The Kier molecular flexibility index (Phi) is 5.99. The van der Waals surface area contributed by atoms with Crippen LogP contribution in [0.1, 0.15) is 35.6 Å². The zero-order valence-electron chi connectivity index (χ0n) is 17.3. The fourth-order valence-electron chi connectivity index (χ4n) is 4.24. The van der Waals surface area contributed by atoms with Crippen LogP contribution in [-0.4, -0.2) is 13.0 Å². The smallest absolute Gasteiger partial charge is 0.233 e. The Morgan fingerprint density at radius 2 is 1.67 bits per heavy atom. The van der Waals surface area contributed by atoms with Gasteiger partial charge in [0.2, 0.25) is 5.91 Å². The summed E-state index contributed by atoms with van der Waals surface area (Å²) in [4.78, 5) is 15.1. The average molecular weight is 398 g/mol. The number of aryl methyl sites for hydroxylation is 1. The van der Waals surface area contributed by atoms with E-state index in [1.54, 1.807) is 7.11 Å². The molecule has 0 unspecified atom stereocenters. The summed E-state index contributed by atoms with van der Waals surface area (Å²) in [5, 5.41) is 0. The second-order valence-corrected chi connectivity index (χ2v) is 7.71. The summed E-state index contributed by atoms with van der Waals surface area (Å²) in [6.45, 7) is 3.84. The quantitative estimate of drug-likeness (QED) is 0.432. The van der Waals surface area contributed by atoms with Gasteiger partial charge in [0.05, 0.1) is 19.1 Å². The minimum atomic E-state index is 0.00500. The lowest BCUT2D eigenvalue weighted by molar-refractivity contribution is -0.130. The highest BCUT2D eigenvalue weighted by atomic mass is 16.5. The van der Waals surface area contributed by atoms with Crippen molar-refractivity contribution in [2.75, 3.05) is 12.0 Å². The molecule has 3 aromatic rings. The molecule has 4 rings (SSSR count). The van der Waals surface area contributed by atoms with Crippen LogP contribution in [0.25, 0.3) is 6.08 Å². The lowest BCUT2D eigenvalue weighted by Crippen LogP contribution is -2.55. The largest absolute Gasteiger partial charge is 0.497 e. The van der Waals surface area contributed by atoms with Crippen molar-refractivity contribution in [2.45, 2.75) is 25.3 Å². The van der Waals surface area contributed by atoms with Crippen molar-refractivity contribution in [3.8, 4) is 5.75 Å². The third-order valence-electron chi connectivity index (χ3n) is 5.90. The van der Waals surface area contributed by atoms with Gasteiger partial charge in [0.1, 0.15) is 5.75 Å². The van der Waals surface area contributed by atoms with Crippen molar-refractivity contribution < 1.29 is 9.53 Å². The van der Waals surface area contributed by atoms with Crippen LogP contribution in [0.2, 0.25) is 0 Å². The molecule has 0 N–H and O–H groups in total. The zero-order chi connectivity index (χ0) is 20.9. The van der Waals surface area contributed by atoms with Crippen LogP contribution in [0, 0.1) is 5.92 Å². The van der Waals surface area contributed by atoms with E-state index in [0.29, 0.717) is 0 Å². The molecule has 1 saturated heterocycles. The highest BCUT2D eigenvalue weighted by molar-refractivity contribution is 6.03. The molecule has 3 nitrogen and oxygen atoms in total. The van der Waals surface area contributed by atoms with Crippen LogP contribution in [0.4, 0.5) is 5.69 Å². The Morgan fingerprint density at radius 3 is 2.30 bits per heavy atom. The molecule has 3 aromatic carbocycles. The van der Waals surface area contributed by atoms with Crippen molar-refractivity contribution in [3.63, 3.8) is 0 Å². The molecule has 0 aliphatic carbocycles. The maximum atomic E-state index is 13.1. The van der Waals surface area contributed by atoms with Gasteiger partial charge in [-0.05, 0) is 60.2 Å². The summed E-state index contributed by atoms with van der Waals surface area (Å²) >= 11 is 0. The minimum absolute atomic E-state index is 0.00500. The molecular formula is C27H27NO2. The first-order valence-corrected chi connectivity index (χ1v) is 10.4. The predicted molar refractivity (Wildman–Crippen MR) is 123 cm³/mol. The number of methoxy groups -OCH3 is 1. The molecule has 1 amide bonds. The van der Waals surface area contributed by atoms with Gasteiger partial charge in [0.25, 0.3) is 0 Å². The van der Waals surface area contributed by atoms with Crippen LogP contribution < -0.4 is 9.64 Å². The lowest BCUT2D eigenvalue weighted by Gasteiger charge is -2.47. The summed E-state index contributed by atoms with van der Waals surface area (Å²) in [5.41, 5.74) is 4.49. The van der Waals surface area contributed by atoms with E-state index in [1.165, 1.54) is 11.1 Å². The van der Waals surface area contributed by atoms with Crippen LogP contribution in [-0.2, 0) is 11.2 Å². The monoisotopic (exact) mass is 397 g/mol. The number of carbonyl (C=O) groups excluding carboxylic acids is 1. The number of rotatable bonds is 8. The van der Waals surface area contributed by atoms with Crippen molar-refractivity contribution >= 4 is 17.7 Å². The number of amides is 1. The number of benzene rings is 3. The van der Waals surface area contributed by atoms with E-state index in [4.69, 9.17) is 4.74 Å². The Labute approximate surface area is 178 Å². The molecule has 152 valence electrons. The first-order valence-electron chi connectivity index (χ1n) is 10.4. The molecule has 1 aliphatic rings. The number of hydrogen-bond acceptors (Lipinski definition) is 2. The third-order valence-corrected chi connectivity index (χ3v) is 5.90. The van der Waals surface area contributed by atoms with Crippen molar-refractivity contribution in [3.05, 3.63) is 102 Å². The van der Waals surface area contributed by atoms with E-state index in [0.717, 1.165) is 36.3 Å². The molecule has 2 atom stereocenters. The second-order valence-electron chi connectivity index (χ2n) is 7.71. The SMILES string of the molecule is C=Cc1ccc([C@@H]2[C@@H](CCCc3ccccc3)C(=O)N2c2ccc(OC)cc2)cc1. The predicted octanol–water partition coefficient (Wildman–Crippen LogP) is 6.07. The minimum Gasteiger partial charge on any atom is -0.497 e. The Hall–Kier alpha value is -3.33. The molecule has 0 aromatic heterocycles. The first kappa shape index (κ1) is 20.0. The fraction of sp³-hybridized carbons (Fsp3) is 0.222. The maximum absolute atomic E-state index is 13.1. The number of nitrogens with zero attached hydrogens (tertiary/aromatic N) is 1. The summed E-state index contributed by atoms with van der Waals surface area (Å²) in [5.74, 6) is 0.995. The van der Waals surface area contributed by atoms with E-state index in [2.05, 4.69) is 55.1 Å². The van der Waals surface area contributed by atoms with Crippen LogP contribution in [0.3, 0.4) is 0 Å². The van der Waals surface area contributed by atoms with Gasteiger partial charge in [-0.15, -0.1) is 0 Å². The van der Waals surface area contributed by atoms with Crippen LogP contribution >= 0.6 is 0 Å². The fourth-order valence-corrected chi connectivity index (χ4v) is 4.24. The molecule has 1 aliphatic heterocycles. The second kappa shape index (κ2) is 9.00. The highest BCUT2D eigenvalue weighted by Crippen LogP contribution is 2.46. The topological polar surface area (TPSA) is 29.5 Å². The Balaban J connectivity index is 1.54. The zero-order valence-corrected chi connectivity index (χ0v) is 17.3. The summed E-state index contributed by atoms with van der Waals surface area (Å²) < 4.78 is 5.27. The van der Waals surface area contributed by atoms with Gasteiger partial charge in [0, 0.05) is 5.69 Å². The number of anilines is 1. The van der Waals surface area contributed by atoms with Gasteiger partial charge >= 0.3 is 0 Å². The van der Waals surface area contributed by atoms with Crippen molar-refractivity contribution in [1.82, 2.24) is 0 Å². The molecule has 0 spiro atoms. The van der Waals surface area contributed by atoms with Gasteiger partial charge in [-0.25, -0.2) is 0 Å². The van der Waals surface area contributed by atoms with Gasteiger partial charge < -0.3 is 9.64 Å². The van der Waals surface area contributed by atoms with E-state index in [-0.39, 0.29) is 17.9 Å². The van der Waals surface area contributed by atoms with E-state index in [1.807, 2.05) is 41.3 Å². The van der Waals surface area contributed by atoms with Crippen LogP contribution in [0.5, 0.6) is 5.75 Å². The van der Waals surface area contributed by atoms with E-state index < -0.39 is 0 Å². The van der Waals surface area contributed by atoms with E-state index >= 15 is 0 Å². The van der Waals surface area contributed by atoms with Gasteiger partial charge in [-0.3, -0.25) is 4.79 Å². The maximum Gasteiger partial charge on any atom is 0.233 e. The first-order chi connectivity index (χ1) is 14.7. The molecule has 0 radical (unpaired) electrons. The van der Waals surface area contributed by atoms with Crippen molar-refractivity contribution in [2.24, 2.45) is 5.92 Å². The molecule has 1 fully saturated rings. The van der Waals surface area contributed by atoms with Gasteiger partial charge in [0.15, 0.2) is 0 Å². The standard InChI is InChI=1S/C27H27NO2/c1-3-20-12-14-22(15-13-20)26-25(11-7-10-21-8-5-4-6-9-21)27(29)28(26)23-16-18-24(30-2)19-17-23/h3-6,8-9,12-19,25-26H,1,7,10-11H2,2H3/t25-,26-/m1/s1. The lowest BCUT2D eigenvalue weighted by atomic mass is 9.78. The van der Waals surface area contributed by atoms with Crippen molar-refractivity contribution in [1.29, 1.82) is 0 Å². The average Bonchev–Trinajstić information content (AvgIpc) is 2.81. The molecule has 1 heterocycles. The number of ether oxygens (including phenoxy) is 1. The third kappa shape index (κ3) is 4.02. The number of β-lactam (4-membered cyclic amide) rings is 1.